The fourth-order valence-corrected chi connectivity index (χ4v) is 2.97. The van der Waals surface area contributed by atoms with Crippen LogP contribution in [0.4, 0.5) is 0 Å². The second-order valence-electron chi connectivity index (χ2n) is 5.14. The Labute approximate surface area is 128 Å². The maximum atomic E-state index is 12.3. The highest BCUT2D eigenvalue weighted by Crippen LogP contribution is 2.29. The SMILES string of the molecule is CNCC1CNCCC1NC(=O)c1[nH]c(C)c(Cl)c1Cl. The van der Waals surface area contributed by atoms with Gasteiger partial charge in [0.25, 0.3) is 5.91 Å². The van der Waals surface area contributed by atoms with Crippen molar-refractivity contribution in [3.63, 3.8) is 0 Å². The Morgan fingerprint density at radius 2 is 2.15 bits per heavy atom. The number of hydrogen-bond acceptors (Lipinski definition) is 3. The molecule has 112 valence electrons. The third-order valence-electron chi connectivity index (χ3n) is 3.67. The number of aromatic nitrogens is 1. The van der Waals surface area contributed by atoms with Crippen molar-refractivity contribution in [1.29, 1.82) is 0 Å². The molecule has 1 amide bonds. The van der Waals surface area contributed by atoms with Gasteiger partial charge in [0.05, 0.1) is 10.0 Å². The summed E-state index contributed by atoms with van der Waals surface area (Å²) in [5.74, 6) is 0.168. The van der Waals surface area contributed by atoms with Crippen LogP contribution in [0, 0.1) is 12.8 Å². The molecule has 0 aliphatic carbocycles. The van der Waals surface area contributed by atoms with Crippen LogP contribution in [0.3, 0.4) is 0 Å². The summed E-state index contributed by atoms with van der Waals surface area (Å²) >= 11 is 12.1. The molecule has 0 saturated carbocycles. The summed E-state index contributed by atoms with van der Waals surface area (Å²) in [5.41, 5.74) is 1.05. The van der Waals surface area contributed by atoms with E-state index in [0.717, 1.165) is 26.1 Å². The lowest BCUT2D eigenvalue weighted by atomic mass is 9.93. The highest BCUT2D eigenvalue weighted by atomic mass is 35.5. The van der Waals surface area contributed by atoms with Gasteiger partial charge in [-0.05, 0) is 26.9 Å². The van der Waals surface area contributed by atoms with Crippen LogP contribution < -0.4 is 16.0 Å². The van der Waals surface area contributed by atoms with Crippen molar-refractivity contribution in [1.82, 2.24) is 20.9 Å². The average molecular weight is 319 g/mol. The molecular weight excluding hydrogens is 299 g/mol. The summed E-state index contributed by atoms with van der Waals surface area (Å²) in [6.45, 7) is 4.45. The first-order chi connectivity index (χ1) is 9.54. The number of hydrogen-bond donors (Lipinski definition) is 4. The van der Waals surface area contributed by atoms with Crippen LogP contribution in [0.25, 0.3) is 0 Å². The number of carbonyl (C=O) groups excluding carboxylic acids is 1. The normalized spacial score (nSPS) is 22.8. The van der Waals surface area contributed by atoms with E-state index in [1.165, 1.54) is 0 Å². The molecule has 4 N–H and O–H groups in total. The fraction of sp³-hybridized carbons (Fsp3) is 0.615. The van der Waals surface area contributed by atoms with Crippen LogP contribution in [-0.2, 0) is 0 Å². The Bertz CT molecular complexity index is 487. The van der Waals surface area contributed by atoms with Crippen LogP contribution in [0.5, 0.6) is 0 Å². The molecule has 1 saturated heterocycles. The molecule has 20 heavy (non-hydrogen) atoms. The smallest absolute Gasteiger partial charge is 0.269 e. The van der Waals surface area contributed by atoms with Crippen molar-refractivity contribution in [2.75, 3.05) is 26.7 Å². The predicted octanol–water partition coefficient (Wildman–Crippen LogP) is 1.56. The largest absolute Gasteiger partial charge is 0.352 e. The van der Waals surface area contributed by atoms with Gasteiger partial charge in [0.2, 0.25) is 0 Å². The number of carbonyl (C=O) groups is 1. The van der Waals surface area contributed by atoms with Crippen molar-refractivity contribution < 1.29 is 4.79 Å². The van der Waals surface area contributed by atoms with E-state index in [1.54, 1.807) is 6.92 Å². The van der Waals surface area contributed by atoms with E-state index < -0.39 is 0 Å². The van der Waals surface area contributed by atoms with Crippen molar-refractivity contribution in [2.24, 2.45) is 5.92 Å². The van der Waals surface area contributed by atoms with E-state index in [9.17, 15) is 4.79 Å². The summed E-state index contributed by atoms with van der Waals surface area (Å²) in [4.78, 5) is 15.3. The Kier molecular flexibility index (Phi) is 5.32. The summed E-state index contributed by atoms with van der Waals surface area (Å²) < 4.78 is 0. The van der Waals surface area contributed by atoms with Crippen LogP contribution in [-0.4, -0.2) is 43.6 Å². The van der Waals surface area contributed by atoms with Gasteiger partial charge in [-0.2, -0.15) is 0 Å². The first-order valence-corrected chi connectivity index (χ1v) is 7.50. The van der Waals surface area contributed by atoms with E-state index in [2.05, 4.69) is 20.9 Å². The third-order valence-corrected chi connectivity index (χ3v) is 4.62. The summed E-state index contributed by atoms with van der Waals surface area (Å²) in [6.07, 6.45) is 0.906. The standard InChI is InChI=1S/C13H20Cl2N4O/c1-7-10(14)11(15)12(18-7)13(20)19-9-3-4-17-6-8(9)5-16-2/h8-9,16-18H,3-6H2,1-2H3,(H,19,20). The lowest BCUT2D eigenvalue weighted by molar-refractivity contribution is 0.0906. The number of aryl methyl sites for hydroxylation is 1. The lowest BCUT2D eigenvalue weighted by Crippen LogP contribution is -2.52. The fourth-order valence-electron chi connectivity index (χ4n) is 2.56. The number of H-pyrrole nitrogens is 1. The molecule has 1 aliphatic rings. The van der Waals surface area contributed by atoms with Crippen molar-refractivity contribution in [2.45, 2.75) is 19.4 Å². The van der Waals surface area contributed by atoms with Gasteiger partial charge in [0.1, 0.15) is 5.69 Å². The number of halogens is 2. The summed E-state index contributed by atoms with van der Waals surface area (Å²) in [5, 5.41) is 10.3. The minimum atomic E-state index is -0.196. The minimum absolute atomic E-state index is 0.134. The number of piperidine rings is 1. The van der Waals surface area contributed by atoms with E-state index in [1.807, 2.05) is 7.05 Å². The molecule has 0 radical (unpaired) electrons. The molecule has 5 nitrogen and oxygen atoms in total. The van der Waals surface area contributed by atoms with E-state index >= 15 is 0 Å². The average Bonchev–Trinajstić information content (AvgIpc) is 2.69. The zero-order valence-electron chi connectivity index (χ0n) is 11.6. The maximum Gasteiger partial charge on any atom is 0.269 e. The van der Waals surface area contributed by atoms with E-state index in [-0.39, 0.29) is 11.9 Å². The van der Waals surface area contributed by atoms with Crippen molar-refractivity contribution >= 4 is 29.1 Å². The number of nitrogens with one attached hydrogen (secondary N) is 4. The molecule has 0 bridgehead atoms. The Hall–Kier alpha value is -0.750. The quantitative estimate of drug-likeness (QED) is 0.681. The van der Waals surface area contributed by atoms with Crippen LogP contribution in [0.2, 0.25) is 10.0 Å². The maximum absolute atomic E-state index is 12.3. The van der Waals surface area contributed by atoms with Crippen molar-refractivity contribution in [3.05, 3.63) is 21.4 Å². The Morgan fingerprint density at radius 3 is 2.75 bits per heavy atom. The molecule has 0 aromatic carbocycles. The van der Waals surface area contributed by atoms with Crippen LogP contribution >= 0.6 is 23.2 Å². The van der Waals surface area contributed by atoms with Gasteiger partial charge in [-0.1, -0.05) is 23.2 Å². The second-order valence-corrected chi connectivity index (χ2v) is 5.90. The molecule has 0 spiro atoms. The third kappa shape index (κ3) is 3.28. The first-order valence-electron chi connectivity index (χ1n) is 6.74. The summed E-state index contributed by atoms with van der Waals surface area (Å²) in [7, 11) is 1.92. The van der Waals surface area contributed by atoms with E-state index in [4.69, 9.17) is 23.2 Å². The molecule has 2 rings (SSSR count). The van der Waals surface area contributed by atoms with Gasteiger partial charge >= 0.3 is 0 Å². The van der Waals surface area contributed by atoms with Gasteiger partial charge in [0, 0.05) is 30.7 Å². The van der Waals surface area contributed by atoms with Gasteiger partial charge < -0.3 is 20.9 Å². The zero-order chi connectivity index (χ0) is 14.7. The van der Waals surface area contributed by atoms with Crippen molar-refractivity contribution in [3.8, 4) is 0 Å². The van der Waals surface area contributed by atoms with Crippen LogP contribution in [0.1, 0.15) is 22.6 Å². The zero-order valence-corrected chi connectivity index (χ0v) is 13.2. The molecule has 1 fully saturated rings. The highest BCUT2D eigenvalue weighted by molar-refractivity contribution is 6.44. The lowest BCUT2D eigenvalue weighted by Gasteiger charge is -2.32. The van der Waals surface area contributed by atoms with Crippen LogP contribution in [0.15, 0.2) is 0 Å². The first kappa shape index (κ1) is 15.6. The number of aromatic amines is 1. The molecular formula is C13H20Cl2N4O. The molecule has 2 heterocycles. The summed E-state index contributed by atoms with van der Waals surface area (Å²) in [6, 6.07) is 0.134. The molecule has 7 heteroatoms. The molecule has 1 aromatic rings. The second kappa shape index (κ2) is 6.80. The molecule has 1 aromatic heterocycles. The number of rotatable bonds is 4. The predicted molar refractivity (Wildman–Crippen MR) is 81.7 cm³/mol. The number of amides is 1. The minimum Gasteiger partial charge on any atom is -0.352 e. The molecule has 1 aliphatic heterocycles. The Morgan fingerprint density at radius 1 is 1.40 bits per heavy atom. The Balaban J connectivity index is 2.07. The van der Waals surface area contributed by atoms with Gasteiger partial charge in [-0.25, -0.2) is 0 Å². The molecule has 2 unspecified atom stereocenters. The van der Waals surface area contributed by atoms with Gasteiger partial charge in [0.15, 0.2) is 0 Å². The van der Waals surface area contributed by atoms with Gasteiger partial charge in [-0.15, -0.1) is 0 Å². The van der Waals surface area contributed by atoms with E-state index in [0.29, 0.717) is 27.4 Å². The van der Waals surface area contributed by atoms with Gasteiger partial charge in [-0.3, -0.25) is 4.79 Å². The molecule has 2 atom stereocenters. The topological polar surface area (TPSA) is 68.9 Å². The monoisotopic (exact) mass is 318 g/mol. The highest BCUT2D eigenvalue weighted by Gasteiger charge is 2.27.